The van der Waals surface area contributed by atoms with Gasteiger partial charge in [-0.3, -0.25) is 9.35 Å². The Bertz CT molecular complexity index is 1440. The maximum absolute atomic E-state index is 12.1. The number of nitrogen functional groups attached to an aromatic ring is 1. The van der Waals surface area contributed by atoms with E-state index in [9.17, 15) is 27.7 Å². The van der Waals surface area contributed by atoms with Crippen molar-refractivity contribution in [1.82, 2.24) is 0 Å². The van der Waals surface area contributed by atoms with Crippen LogP contribution in [0.5, 0.6) is 0 Å². The van der Waals surface area contributed by atoms with Gasteiger partial charge in [0, 0.05) is 39.9 Å². The first-order chi connectivity index (χ1) is 13.6. The molecule has 0 unspecified atom stereocenters. The summed E-state index contributed by atoms with van der Waals surface area (Å²) in [5, 5.41) is 9.67. The van der Waals surface area contributed by atoms with Gasteiger partial charge in [-0.1, -0.05) is 6.07 Å². The molecule has 0 saturated heterocycles. The zero-order valence-corrected chi connectivity index (χ0v) is 15.4. The number of nitrogens with two attached hydrogens (primary N) is 1. The minimum Gasteiger partial charge on any atom is -0.478 e. The molecule has 4 rings (SSSR count). The highest BCUT2D eigenvalue weighted by Gasteiger charge is 2.25. The van der Waals surface area contributed by atoms with E-state index in [-0.39, 0.29) is 22.3 Å². The van der Waals surface area contributed by atoms with Gasteiger partial charge in [-0.05, 0) is 36.4 Å². The molecule has 1 heterocycles. The molecule has 0 radical (unpaired) electrons. The number of anilines is 1. The first kappa shape index (κ1) is 18.7. The average molecular weight is 411 g/mol. The number of hydrogen-bond donors (Lipinski definition) is 3. The largest absolute Gasteiger partial charge is 0.478 e. The van der Waals surface area contributed by atoms with E-state index >= 15 is 0 Å². The molecular weight excluding hydrogens is 398 g/mol. The van der Waals surface area contributed by atoms with Gasteiger partial charge in [0.25, 0.3) is 10.1 Å². The Balaban J connectivity index is 2.21. The van der Waals surface area contributed by atoms with Crippen molar-refractivity contribution in [2.45, 2.75) is 4.90 Å². The standard InChI is InChI=1S/C20H13NO7S/c21-11-2-5-13-16(8-11)28-17-9-12(22)3-6-14(17)19(13)15-4-1-10(20(23)24)7-18(15)29(25,26)27/h1-9H,21H2,(H,23,24)(H,25,26,27). The molecule has 0 spiro atoms. The molecule has 146 valence electrons. The Kier molecular flexibility index (Phi) is 4.14. The minimum atomic E-state index is -4.77. The number of rotatable bonds is 3. The summed E-state index contributed by atoms with van der Waals surface area (Å²) in [7, 11) is -4.77. The third kappa shape index (κ3) is 3.22. The molecule has 0 saturated carbocycles. The van der Waals surface area contributed by atoms with Gasteiger partial charge >= 0.3 is 5.97 Å². The Morgan fingerprint density at radius 3 is 2.38 bits per heavy atom. The van der Waals surface area contributed by atoms with E-state index in [4.69, 9.17) is 10.2 Å². The van der Waals surface area contributed by atoms with E-state index in [1.165, 1.54) is 36.4 Å². The number of fused-ring (bicyclic) bond motifs is 2. The first-order valence-electron chi connectivity index (χ1n) is 8.26. The smallest absolute Gasteiger partial charge is 0.335 e. The van der Waals surface area contributed by atoms with Crippen molar-refractivity contribution in [2.75, 3.05) is 5.73 Å². The first-order valence-corrected chi connectivity index (χ1v) is 9.70. The third-order valence-corrected chi connectivity index (χ3v) is 5.39. The quantitative estimate of drug-likeness (QED) is 0.265. The number of carboxylic acids is 1. The SMILES string of the molecule is Nc1ccc2c(-c3ccc(C(=O)O)cc3S(=O)(=O)O)c3ccc(=O)cc-3oc2c1. The number of carboxylic acid groups (broad SMARTS) is 1. The van der Waals surface area contributed by atoms with Crippen molar-refractivity contribution in [2.24, 2.45) is 0 Å². The molecule has 0 amide bonds. The molecule has 2 aromatic rings. The highest BCUT2D eigenvalue weighted by Crippen LogP contribution is 2.42. The molecule has 0 aromatic heterocycles. The average Bonchev–Trinajstić information content (AvgIpc) is 2.64. The summed E-state index contributed by atoms with van der Waals surface area (Å²) in [6, 6.07) is 12.2. The van der Waals surface area contributed by atoms with Crippen LogP contribution in [0.4, 0.5) is 5.69 Å². The zero-order chi connectivity index (χ0) is 20.9. The van der Waals surface area contributed by atoms with E-state index < -0.39 is 21.0 Å². The van der Waals surface area contributed by atoms with Gasteiger partial charge in [0.2, 0.25) is 0 Å². The second kappa shape index (κ2) is 6.43. The molecule has 1 aliphatic heterocycles. The fourth-order valence-corrected chi connectivity index (χ4v) is 3.98. The van der Waals surface area contributed by atoms with Gasteiger partial charge in [-0.2, -0.15) is 8.42 Å². The monoisotopic (exact) mass is 411 g/mol. The van der Waals surface area contributed by atoms with E-state index in [1.807, 2.05) is 0 Å². The summed E-state index contributed by atoms with van der Waals surface area (Å²) in [5.41, 5.74) is 6.71. The van der Waals surface area contributed by atoms with Gasteiger partial charge in [0.15, 0.2) is 5.43 Å². The topological polar surface area (TPSA) is 148 Å². The summed E-state index contributed by atoms with van der Waals surface area (Å²) in [6.45, 7) is 0. The number of hydrogen-bond acceptors (Lipinski definition) is 6. The lowest BCUT2D eigenvalue weighted by atomic mass is 9.93. The molecule has 8 nitrogen and oxygen atoms in total. The van der Waals surface area contributed by atoms with Crippen LogP contribution < -0.4 is 11.2 Å². The van der Waals surface area contributed by atoms with Crippen LogP contribution in [0.15, 0.2) is 68.7 Å². The molecule has 29 heavy (non-hydrogen) atoms. The van der Waals surface area contributed by atoms with Crippen molar-refractivity contribution in [3.8, 4) is 22.5 Å². The maximum Gasteiger partial charge on any atom is 0.335 e. The lowest BCUT2D eigenvalue weighted by molar-refractivity contribution is 0.0696. The normalized spacial score (nSPS) is 11.8. The number of carbonyl (C=O) groups is 1. The van der Waals surface area contributed by atoms with Crippen molar-refractivity contribution in [1.29, 1.82) is 0 Å². The number of benzene rings is 3. The Morgan fingerprint density at radius 1 is 0.966 bits per heavy atom. The van der Waals surface area contributed by atoms with Crippen molar-refractivity contribution < 1.29 is 27.3 Å². The molecule has 0 atom stereocenters. The predicted octanol–water partition coefficient (Wildman–Crippen LogP) is 3.09. The molecule has 0 bridgehead atoms. The summed E-state index contributed by atoms with van der Waals surface area (Å²) in [4.78, 5) is 22.5. The van der Waals surface area contributed by atoms with E-state index in [1.54, 1.807) is 12.1 Å². The van der Waals surface area contributed by atoms with Gasteiger partial charge < -0.3 is 15.3 Å². The lowest BCUT2D eigenvalue weighted by Crippen LogP contribution is -2.06. The van der Waals surface area contributed by atoms with E-state index in [2.05, 4.69) is 0 Å². The van der Waals surface area contributed by atoms with Gasteiger partial charge in [0.05, 0.1) is 5.56 Å². The fourth-order valence-electron chi connectivity index (χ4n) is 3.25. The second-order valence-electron chi connectivity index (χ2n) is 6.38. The van der Waals surface area contributed by atoms with Crippen LogP contribution >= 0.6 is 0 Å². The minimum absolute atomic E-state index is 0.0618. The van der Waals surface area contributed by atoms with Crippen LogP contribution in [-0.2, 0) is 10.1 Å². The molecule has 2 aromatic carbocycles. The van der Waals surface area contributed by atoms with Crippen LogP contribution in [0.25, 0.3) is 33.4 Å². The third-order valence-electron chi connectivity index (χ3n) is 4.49. The van der Waals surface area contributed by atoms with Crippen LogP contribution in [0.1, 0.15) is 10.4 Å². The summed E-state index contributed by atoms with van der Waals surface area (Å²) in [5.74, 6) is -1.16. The highest BCUT2D eigenvalue weighted by molar-refractivity contribution is 7.86. The second-order valence-corrected chi connectivity index (χ2v) is 7.77. The van der Waals surface area contributed by atoms with E-state index in [0.29, 0.717) is 27.8 Å². The van der Waals surface area contributed by atoms with E-state index in [0.717, 1.165) is 6.07 Å². The Hall–Kier alpha value is -3.69. The molecule has 2 aliphatic rings. The molecule has 1 aliphatic carbocycles. The molecule has 4 N–H and O–H groups in total. The Labute approximate surface area is 163 Å². The molecular formula is C20H13NO7S. The Morgan fingerprint density at radius 2 is 1.69 bits per heavy atom. The maximum atomic E-state index is 12.1. The van der Waals surface area contributed by atoms with Gasteiger partial charge in [-0.15, -0.1) is 0 Å². The van der Waals surface area contributed by atoms with Crippen molar-refractivity contribution in [3.63, 3.8) is 0 Å². The molecule has 9 heteroatoms. The summed E-state index contributed by atoms with van der Waals surface area (Å²) in [6.07, 6.45) is 0. The van der Waals surface area contributed by atoms with Crippen LogP contribution in [-0.4, -0.2) is 24.0 Å². The van der Waals surface area contributed by atoms with Crippen molar-refractivity contribution >= 4 is 32.7 Å². The van der Waals surface area contributed by atoms with Crippen LogP contribution in [0, 0.1) is 0 Å². The van der Waals surface area contributed by atoms with Gasteiger partial charge in [-0.25, -0.2) is 4.79 Å². The fraction of sp³-hybridized carbons (Fsp3) is 0. The predicted molar refractivity (Wildman–Crippen MR) is 106 cm³/mol. The molecule has 0 fully saturated rings. The summed E-state index contributed by atoms with van der Waals surface area (Å²) < 4.78 is 39.6. The zero-order valence-electron chi connectivity index (χ0n) is 14.6. The lowest BCUT2D eigenvalue weighted by Gasteiger charge is -2.17. The highest BCUT2D eigenvalue weighted by atomic mass is 32.2. The summed E-state index contributed by atoms with van der Waals surface area (Å²) >= 11 is 0. The number of aromatic carboxylic acids is 1. The van der Waals surface area contributed by atoms with Crippen molar-refractivity contribution in [3.05, 3.63) is 70.4 Å². The van der Waals surface area contributed by atoms with Crippen LogP contribution in [0.2, 0.25) is 0 Å². The van der Waals surface area contributed by atoms with Gasteiger partial charge in [0.1, 0.15) is 16.2 Å². The van der Waals surface area contributed by atoms with Crippen LogP contribution in [0.3, 0.4) is 0 Å².